The van der Waals surface area contributed by atoms with Gasteiger partial charge in [0, 0.05) is 16.7 Å². The Morgan fingerprint density at radius 2 is 1.67 bits per heavy atom. The number of allylic oxidation sites excluding steroid dienone is 4. The van der Waals surface area contributed by atoms with E-state index in [1.807, 2.05) is 26.0 Å². The van der Waals surface area contributed by atoms with E-state index in [2.05, 4.69) is 39.5 Å². The molecule has 0 aromatic carbocycles. The van der Waals surface area contributed by atoms with Crippen LogP contribution >= 0.6 is 0 Å². The summed E-state index contributed by atoms with van der Waals surface area (Å²) in [4.78, 5) is 44.5. The highest BCUT2D eigenvalue weighted by atomic mass is 16.1. The van der Waals surface area contributed by atoms with Gasteiger partial charge in [-0.05, 0) is 91.4 Å². The van der Waals surface area contributed by atoms with E-state index >= 15 is 0 Å². The van der Waals surface area contributed by atoms with Crippen molar-refractivity contribution in [2.75, 3.05) is 0 Å². The van der Waals surface area contributed by atoms with Crippen LogP contribution in [-0.2, 0) is 14.4 Å². The van der Waals surface area contributed by atoms with E-state index in [0.29, 0.717) is 17.6 Å². The second kappa shape index (κ2) is 7.52. The van der Waals surface area contributed by atoms with Crippen molar-refractivity contribution >= 4 is 17.3 Å². The molecule has 194 valence electrons. The van der Waals surface area contributed by atoms with E-state index in [1.165, 1.54) is 5.57 Å². The SMILES string of the molecule is [C-]#[N+]C1=C[C@@]2(C)C(CC[C@]3(C)C2C(=O)C=C2C4[C@@H](C)[C@H](C)CC[C@]4(C(C)=O)CC[C@]23C)C(C)(C)C1=O. The normalized spacial score (nSPS) is 49.4. The van der Waals surface area contributed by atoms with Crippen molar-refractivity contribution in [3.8, 4) is 0 Å². The smallest absolute Gasteiger partial charge is 0.226 e. The molecule has 5 aliphatic rings. The van der Waals surface area contributed by atoms with Crippen LogP contribution in [-0.4, -0.2) is 17.3 Å². The number of ketones is 3. The highest BCUT2D eigenvalue weighted by Crippen LogP contribution is 2.74. The molecule has 5 rings (SSSR count). The zero-order valence-electron chi connectivity index (χ0n) is 23.5. The Morgan fingerprint density at radius 3 is 2.28 bits per heavy atom. The molecule has 36 heavy (non-hydrogen) atoms. The van der Waals surface area contributed by atoms with Crippen molar-refractivity contribution in [2.24, 2.45) is 56.7 Å². The van der Waals surface area contributed by atoms with Crippen LogP contribution in [0.1, 0.15) is 93.9 Å². The molecule has 0 heterocycles. The highest BCUT2D eigenvalue weighted by molar-refractivity contribution is 6.03. The summed E-state index contributed by atoms with van der Waals surface area (Å²) >= 11 is 0. The van der Waals surface area contributed by atoms with Gasteiger partial charge in [-0.1, -0.05) is 60.1 Å². The highest BCUT2D eigenvalue weighted by Gasteiger charge is 2.70. The maximum absolute atomic E-state index is 14.4. The molecule has 0 N–H and O–H groups in total. The van der Waals surface area contributed by atoms with Gasteiger partial charge in [-0.2, -0.15) is 0 Å². The summed E-state index contributed by atoms with van der Waals surface area (Å²) in [5.74, 6) is 1.10. The second-order valence-electron chi connectivity index (χ2n) is 14.4. The molecule has 0 saturated heterocycles. The average molecular weight is 490 g/mol. The molecular weight excluding hydrogens is 446 g/mol. The van der Waals surface area contributed by atoms with E-state index in [0.717, 1.165) is 38.5 Å². The molecule has 0 radical (unpaired) electrons. The van der Waals surface area contributed by atoms with Crippen LogP contribution in [0.15, 0.2) is 23.4 Å². The Hall–Kier alpha value is -2.02. The van der Waals surface area contributed by atoms with Gasteiger partial charge >= 0.3 is 0 Å². The van der Waals surface area contributed by atoms with Gasteiger partial charge in [-0.3, -0.25) is 9.59 Å². The zero-order valence-corrected chi connectivity index (χ0v) is 23.5. The molecule has 0 aliphatic heterocycles. The quantitative estimate of drug-likeness (QED) is 0.373. The van der Waals surface area contributed by atoms with E-state index in [-0.39, 0.29) is 51.3 Å². The Labute approximate surface area is 217 Å². The first kappa shape index (κ1) is 25.6. The van der Waals surface area contributed by atoms with Crippen LogP contribution in [0.25, 0.3) is 4.85 Å². The fraction of sp³-hybridized carbons (Fsp3) is 0.750. The van der Waals surface area contributed by atoms with Gasteiger partial charge in [0.15, 0.2) is 11.6 Å². The molecule has 3 unspecified atom stereocenters. The minimum atomic E-state index is -0.667. The predicted molar refractivity (Wildman–Crippen MR) is 140 cm³/mol. The molecule has 0 amide bonds. The topological polar surface area (TPSA) is 55.6 Å². The summed E-state index contributed by atoms with van der Waals surface area (Å²) in [5.41, 5.74) is -0.612. The maximum atomic E-state index is 14.4. The third-order valence-electron chi connectivity index (χ3n) is 12.9. The molecule has 3 saturated carbocycles. The number of carbonyl (C=O) groups excluding carboxylic acids is 3. The van der Waals surface area contributed by atoms with Crippen molar-refractivity contribution in [1.29, 1.82) is 0 Å². The van der Waals surface area contributed by atoms with Crippen molar-refractivity contribution in [3.63, 3.8) is 0 Å². The predicted octanol–water partition coefficient (Wildman–Crippen LogP) is 7.00. The van der Waals surface area contributed by atoms with Crippen LogP contribution in [0, 0.1) is 63.2 Å². The third-order valence-corrected chi connectivity index (χ3v) is 12.9. The lowest BCUT2D eigenvalue weighted by Gasteiger charge is -2.69. The lowest BCUT2D eigenvalue weighted by atomic mass is 9.33. The standard InChI is InChI=1S/C32H43NO3/c1-18-10-13-32(20(3)34)15-14-30(7)21(25(32)19(18)2)16-23(35)26-29(6)17-22(33-9)27(36)28(4,5)24(29)11-12-31(26,30)8/h16-19,24-26H,10-15H2,1-8H3/t18-,19+,24?,25?,26?,29+,30-,31-,32-/m1/s1. The monoisotopic (exact) mass is 489 g/mol. The zero-order chi connectivity index (χ0) is 26.6. The molecule has 0 aromatic rings. The summed E-state index contributed by atoms with van der Waals surface area (Å²) in [5, 5.41) is 0. The van der Waals surface area contributed by atoms with Crippen molar-refractivity contribution < 1.29 is 14.4 Å². The summed E-state index contributed by atoms with van der Waals surface area (Å²) in [6.45, 7) is 24.9. The molecule has 3 fully saturated rings. The first-order chi connectivity index (χ1) is 16.6. The van der Waals surface area contributed by atoms with Crippen LogP contribution < -0.4 is 0 Å². The molecule has 0 bridgehead atoms. The van der Waals surface area contributed by atoms with Gasteiger partial charge in [0.2, 0.25) is 5.70 Å². The summed E-state index contributed by atoms with van der Waals surface area (Å²) < 4.78 is 0. The molecule has 9 atom stereocenters. The first-order valence-electron chi connectivity index (χ1n) is 14.0. The Morgan fingerprint density at radius 1 is 1.00 bits per heavy atom. The van der Waals surface area contributed by atoms with Crippen molar-refractivity contribution in [3.05, 3.63) is 34.8 Å². The van der Waals surface area contributed by atoms with Crippen LogP contribution in [0.5, 0.6) is 0 Å². The third kappa shape index (κ3) is 2.79. The Bertz CT molecular complexity index is 1170. The number of hydrogen-bond acceptors (Lipinski definition) is 3. The van der Waals surface area contributed by atoms with Crippen molar-refractivity contribution in [1.82, 2.24) is 0 Å². The fourth-order valence-corrected chi connectivity index (χ4v) is 10.5. The lowest BCUT2D eigenvalue weighted by molar-refractivity contribution is -0.173. The van der Waals surface area contributed by atoms with E-state index in [4.69, 9.17) is 6.57 Å². The van der Waals surface area contributed by atoms with Gasteiger partial charge in [-0.15, -0.1) is 0 Å². The number of carbonyl (C=O) groups is 3. The molecule has 0 spiro atoms. The molecule has 0 aromatic heterocycles. The van der Waals surface area contributed by atoms with Gasteiger partial charge < -0.3 is 4.79 Å². The number of rotatable bonds is 1. The van der Waals surface area contributed by atoms with Crippen molar-refractivity contribution in [2.45, 2.75) is 93.9 Å². The second-order valence-corrected chi connectivity index (χ2v) is 14.4. The number of nitrogens with zero attached hydrogens (tertiary/aromatic N) is 1. The molecular formula is C32H43NO3. The van der Waals surface area contributed by atoms with Gasteiger partial charge in [0.1, 0.15) is 5.78 Å². The number of fused-ring (bicyclic) bond motifs is 7. The summed E-state index contributed by atoms with van der Waals surface area (Å²) in [6.07, 6.45) is 9.41. The molecule has 4 heteroatoms. The van der Waals surface area contributed by atoms with E-state index < -0.39 is 10.8 Å². The maximum Gasteiger partial charge on any atom is 0.226 e. The van der Waals surface area contributed by atoms with Crippen LogP contribution in [0.2, 0.25) is 0 Å². The minimum Gasteiger partial charge on any atom is -0.307 e. The largest absolute Gasteiger partial charge is 0.307 e. The first-order valence-corrected chi connectivity index (χ1v) is 14.0. The number of hydrogen-bond donors (Lipinski definition) is 0. The van der Waals surface area contributed by atoms with Gasteiger partial charge in [0.05, 0.1) is 6.57 Å². The van der Waals surface area contributed by atoms with Gasteiger partial charge in [-0.25, -0.2) is 4.85 Å². The van der Waals surface area contributed by atoms with Crippen LogP contribution in [0.3, 0.4) is 0 Å². The van der Waals surface area contributed by atoms with Crippen LogP contribution in [0.4, 0.5) is 0 Å². The lowest BCUT2D eigenvalue weighted by Crippen LogP contribution is -2.66. The summed E-state index contributed by atoms with van der Waals surface area (Å²) in [7, 11) is 0. The fourth-order valence-electron chi connectivity index (χ4n) is 10.5. The Balaban J connectivity index is 1.72. The van der Waals surface area contributed by atoms with Gasteiger partial charge in [0.25, 0.3) is 0 Å². The molecule has 5 aliphatic carbocycles. The number of Topliss-reactive ketones (excluding diaryl/α,β-unsaturated/α-hetero) is 2. The Kier molecular flexibility index (Phi) is 5.35. The van der Waals surface area contributed by atoms with E-state index in [1.54, 1.807) is 6.92 Å². The summed E-state index contributed by atoms with van der Waals surface area (Å²) in [6, 6.07) is 0. The van der Waals surface area contributed by atoms with E-state index in [9.17, 15) is 14.4 Å². The minimum absolute atomic E-state index is 0.0251. The molecule has 4 nitrogen and oxygen atoms in total. The average Bonchev–Trinajstić information content (AvgIpc) is 2.79.